The first-order chi connectivity index (χ1) is 12.7. The maximum Gasteiger partial charge on any atom is 0.341 e. The van der Waals surface area contributed by atoms with Gasteiger partial charge in [-0.1, -0.05) is 24.3 Å². The van der Waals surface area contributed by atoms with Gasteiger partial charge in [-0.3, -0.25) is 9.59 Å². The summed E-state index contributed by atoms with van der Waals surface area (Å²) in [6.07, 6.45) is 0.610. The van der Waals surface area contributed by atoms with Crippen molar-refractivity contribution in [2.75, 3.05) is 11.9 Å². The average Bonchev–Trinajstić information content (AvgIpc) is 3.09. The van der Waals surface area contributed by atoms with Crippen molar-refractivity contribution in [3.8, 4) is 10.4 Å². The van der Waals surface area contributed by atoms with Crippen LogP contribution < -0.4 is 5.32 Å². The molecule has 0 saturated carbocycles. The third-order valence-electron chi connectivity index (χ3n) is 4.29. The smallest absolute Gasteiger partial charge is 0.341 e. The van der Waals surface area contributed by atoms with Crippen molar-refractivity contribution in [2.45, 2.75) is 39.7 Å². The highest BCUT2D eigenvalue weighted by atomic mass is 32.1. The molecule has 6 nitrogen and oxygen atoms in total. The first-order valence-corrected chi connectivity index (χ1v) is 9.48. The summed E-state index contributed by atoms with van der Waals surface area (Å²) in [4.78, 5) is 37.4. The highest BCUT2D eigenvalue weighted by Crippen LogP contribution is 2.47. The molecule has 1 aliphatic rings. The zero-order valence-corrected chi connectivity index (χ0v) is 16.5. The van der Waals surface area contributed by atoms with E-state index < -0.39 is 23.4 Å². The third-order valence-corrected chi connectivity index (χ3v) is 5.47. The van der Waals surface area contributed by atoms with Crippen molar-refractivity contribution in [3.05, 3.63) is 41.0 Å². The van der Waals surface area contributed by atoms with Gasteiger partial charge in [0.15, 0.2) is 5.60 Å². The summed E-state index contributed by atoms with van der Waals surface area (Å²) in [5.41, 5.74) is 2.08. The molecule has 3 rings (SSSR count). The fourth-order valence-corrected chi connectivity index (χ4v) is 4.37. The summed E-state index contributed by atoms with van der Waals surface area (Å²) >= 11 is 1.34. The van der Waals surface area contributed by atoms with E-state index in [0.29, 0.717) is 17.0 Å². The molecule has 1 amide bonds. The van der Waals surface area contributed by atoms with Gasteiger partial charge in [0.1, 0.15) is 5.00 Å². The van der Waals surface area contributed by atoms with Crippen molar-refractivity contribution in [3.63, 3.8) is 0 Å². The van der Waals surface area contributed by atoms with E-state index in [1.165, 1.54) is 32.1 Å². The zero-order chi connectivity index (χ0) is 19.8. The second-order valence-electron chi connectivity index (χ2n) is 6.73. The van der Waals surface area contributed by atoms with Gasteiger partial charge in [-0.25, -0.2) is 4.79 Å². The number of carbonyl (C=O) groups excluding carboxylic acids is 3. The SMILES string of the molecule is CCOC(=O)c1c(NC(=O)C(C)(C)OC(C)=O)sc2c1Cc1ccccc1-2. The van der Waals surface area contributed by atoms with Gasteiger partial charge in [0.05, 0.1) is 12.2 Å². The quantitative estimate of drug-likeness (QED) is 0.674. The Kier molecular flexibility index (Phi) is 5.06. The Bertz CT molecular complexity index is 928. The summed E-state index contributed by atoms with van der Waals surface area (Å²) < 4.78 is 10.3. The number of esters is 2. The number of thiophene rings is 1. The van der Waals surface area contributed by atoms with Crippen LogP contribution in [0.4, 0.5) is 5.00 Å². The Morgan fingerprint density at radius 2 is 1.93 bits per heavy atom. The van der Waals surface area contributed by atoms with Crippen LogP contribution in [0.1, 0.15) is 49.2 Å². The van der Waals surface area contributed by atoms with E-state index in [1.807, 2.05) is 24.3 Å². The number of fused-ring (bicyclic) bond motifs is 3. The summed E-state index contributed by atoms with van der Waals surface area (Å²) in [5.74, 6) is -1.52. The number of nitrogens with one attached hydrogen (secondary N) is 1. The van der Waals surface area contributed by atoms with Crippen LogP contribution in [0, 0.1) is 0 Å². The number of carbonyl (C=O) groups is 3. The topological polar surface area (TPSA) is 81.7 Å². The largest absolute Gasteiger partial charge is 0.462 e. The lowest BCUT2D eigenvalue weighted by Gasteiger charge is -2.23. The predicted molar refractivity (Wildman–Crippen MR) is 103 cm³/mol. The van der Waals surface area contributed by atoms with E-state index in [0.717, 1.165) is 21.6 Å². The fourth-order valence-electron chi connectivity index (χ4n) is 3.10. The van der Waals surface area contributed by atoms with Gasteiger partial charge in [0, 0.05) is 18.2 Å². The van der Waals surface area contributed by atoms with Crippen LogP contribution >= 0.6 is 11.3 Å². The maximum absolute atomic E-state index is 12.6. The Labute approximate surface area is 161 Å². The average molecular weight is 387 g/mol. The molecule has 7 heteroatoms. The highest BCUT2D eigenvalue weighted by Gasteiger charge is 2.35. The summed E-state index contributed by atoms with van der Waals surface area (Å²) in [5, 5.41) is 3.17. The van der Waals surface area contributed by atoms with Crippen LogP contribution in [-0.4, -0.2) is 30.1 Å². The van der Waals surface area contributed by atoms with Gasteiger partial charge in [-0.05, 0) is 37.5 Å². The number of rotatable bonds is 5. The lowest BCUT2D eigenvalue weighted by atomic mass is 10.1. The van der Waals surface area contributed by atoms with Gasteiger partial charge < -0.3 is 14.8 Å². The molecule has 1 aromatic heterocycles. The molecular formula is C20H21NO5S. The van der Waals surface area contributed by atoms with Crippen molar-refractivity contribution in [2.24, 2.45) is 0 Å². The molecule has 0 saturated heterocycles. The number of anilines is 1. The van der Waals surface area contributed by atoms with Crippen molar-refractivity contribution < 1.29 is 23.9 Å². The summed E-state index contributed by atoms with van der Waals surface area (Å²) in [6, 6.07) is 7.93. The number of benzene rings is 1. The molecule has 0 unspecified atom stereocenters. The normalized spacial score (nSPS) is 12.1. The maximum atomic E-state index is 12.6. The first-order valence-electron chi connectivity index (χ1n) is 8.66. The number of amides is 1. The number of ether oxygens (including phenoxy) is 2. The van der Waals surface area contributed by atoms with Gasteiger partial charge in [-0.15, -0.1) is 11.3 Å². The number of hydrogen-bond donors (Lipinski definition) is 1. The second-order valence-corrected chi connectivity index (χ2v) is 7.75. The summed E-state index contributed by atoms with van der Waals surface area (Å²) in [6.45, 7) is 6.23. The lowest BCUT2D eigenvalue weighted by Crippen LogP contribution is -2.41. The van der Waals surface area contributed by atoms with Gasteiger partial charge >= 0.3 is 11.9 Å². The minimum Gasteiger partial charge on any atom is -0.462 e. The zero-order valence-electron chi connectivity index (χ0n) is 15.7. The lowest BCUT2D eigenvalue weighted by molar-refractivity contribution is -0.160. The highest BCUT2D eigenvalue weighted by molar-refractivity contribution is 7.20. The molecule has 0 fully saturated rings. The standard InChI is InChI=1S/C20H21NO5S/c1-5-25-18(23)15-14-10-12-8-6-7-9-13(12)16(14)27-17(15)21-19(24)20(3,4)26-11(2)22/h6-9H,5,10H2,1-4H3,(H,21,24). The van der Waals surface area contributed by atoms with Crippen molar-refractivity contribution in [1.29, 1.82) is 0 Å². The Morgan fingerprint density at radius 1 is 1.22 bits per heavy atom. The molecule has 2 aromatic rings. The molecule has 1 aliphatic carbocycles. The van der Waals surface area contributed by atoms with Gasteiger partial charge in [-0.2, -0.15) is 0 Å². The summed E-state index contributed by atoms with van der Waals surface area (Å²) in [7, 11) is 0. The van der Waals surface area contributed by atoms with E-state index >= 15 is 0 Å². The van der Waals surface area contributed by atoms with Gasteiger partial charge in [0.2, 0.25) is 0 Å². The Morgan fingerprint density at radius 3 is 2.59 bits per heavy atom. The Balaban J connectivity index is 2.00. The molecule has 0 bridgehead atoms. The molecule has 1 aromatic carbocycles. The third kappa shape index (κ3) is 3.60. The molecule has 1 N–H and O–H groups in total. The molecule has 1 heterocycles. The molecule has 27 heavy (non-hydrogen) atoms. The predicted octanol–water partition coefficient (Wildman–Crippen LogP) is 3.78. The van der Waals surface area contributed by atoms with E-state index in [1.54, 1.807) is 6.92 Å². The van der Waals surface area contributed by atoms with E-state index in [9.17, 15) is 14.4 Å². The van der Waals surface area contributed by atoms with Crippen LogP contribution in [0.3, 0.4) is 0 Å². The molecule has 0 radical (unpaired) electrons. The van der Waals surface area contributed by atoms with Crippen molar-refractivity contribution in [1.82, 2.24) is 0 Å². The monoisotopic (exact) mass is 387 g/mol. The fraction of sp³-hybridized carbons (Fsp3) is 0.350. The van der Waals surface area contributed by atoms with E-state index in [4.69, 9.17) is 9.47 Å². The molecule has 142 valence electrons. The number of hydrogen-bond acceptors (Lipinski definition) is 6. The van der Waals surface area contributed by atoms with Crippen LogP contribution in [0.5, 0.6) is 0 Å². The van der Waals surface area contributed by atoms with Crippen LogP contribution in [0.25, 0.3) is 10.4 Å². The first kappa shape index (κ1) is 19.1. The molecule has 0 atom stereocenters. The van der Waals surface area contributed by atoms with E-state index in [-0.39, 0.29) is 6.61 Å². The van der Waals surface area contributed by atoms with Crippen LogP contribution in [0.15, 0.2) is 24.3 Å². The minimum absolute atomic E-state index is 0.239. The molecular weight excluding hydrogens is 366 g/mol. The van der Waals surface area contributed by atoms with Crippen molar-refractivity contribution >= 4 is 34.2 Å². The van der Waals surface area contributed by atoms with E-state index in [2.05, 4.69) is 5.32 Å². The molecule has 0 spiro atoms. The Hall–Kier alpha value is -2.67. The minimum atomic E-state index is -1.36. The van der Waals surface area contributed by atoms with Crippen LogP contribution in [0.2, 0.25) is 0 Å². The van der Waals surface area contributed by atoms with Crippen LogP contribution in [-0.2, 0) is 25.5 Å². The molecule has 0 aliphatic heterocycles. The van der Waals surface area contributed by atoms with Gasteiger partial charge in [0.25, 0.3) is 5.91 Å². The second kappa shape index (κ2) is 7.15.